The first kappa shape index (κ1) is 13.8. The topological polar surface area (TPSA) is 12.5 Å². The fourth-order valence-corrected chi connectivity index (χ4v) is 3.43. The zero-order chi connectivity index (χ0) is 12.4. The van der Waals surface area contributed by atoms with Crippen LogP contribution in [0.15, 0.2) is 11.4 Å². The minimum atomic E-state index is -1.16. The maximum Gasteiger partial charge on any atom is 0.0709 e. The number of nitrogens with zero attached hydrogens (tertiary/aromatic N) is 1. The van der Waals surface area contributed by atoms with E-state index in [0.717, 1.165) is 26.3 Å². The summed E-state index contributed by atoms with van der Waals surface area (Å²) in [4.78, 5) is 2.52. The second-order valence-electron chi connectivity index (χ2n) is 6.75. The lowest BCUT2D eigenvalue weighted by Gasteiger charge is -2.39. The Morgan fingerprint density at radius 3 is 2.00 bits per heavy atom. The van der Waals surface area contributed by atoms with Crippen LogP contribution in [0, 0.1) is 5.41 Å². The molecule has 0 N–H and O–H groups in total. The van der Waals surface area contributed by atoms with Crippen LogP contribution in [0.1, 0.15) is 20.8 Å². The van der Waals surface area contributed by atoms with Gasteiger partial charge in [0.25, 0.3) is 0 Å². The van der Waals surface area contributed by atoms with E-state index in [9.17, 15) is 0 Å². The Bertz CT molecular complexity index is 254. The summed E-state index contributed by atoms with van der Waals surface area (Å²) in [5, 5.41) is 0. The van der Waals surface area contributed by atoms with E-state index in [4.69, 9.17) is 4.74 Å². The normalized spacial score (nSPS) is 20.1. The van der Waals surface area contributed by atoms with Crippen molar-refractivity contribution in [2.24, 2.45) is 5.41 Å². The van der Waals surface area contributed by atoms with Gasteiger partial charge in [-0.3, -0.25) is 0 Å². The molecule has 1 aliphatic heterocycles. The number of hydrogen-bond donors (Lipinski definition) is 0. The molecule has 1 saturated heterocycles. The Morgan fingerprint density at radius 1 is 1.12 bits per heavy atom. The molecule has 0 amide bonds. The van der Waals surface area contributed by atoms with Gasteiger partial charge in [-0.05, 0) is 0 Å². The molecule has 0 bridgehead atoms. The fraction of sp³-hybridized carbons (Fsp3) is 0.846. The highest BCUT2D eigenvalue weighted by molar-refractivity contribution is 6.81. The molecule has 1 heterocycles. The van der Waals surface area contributed by atoms with Gasteiger partial charge in [0.1, 0.15) is 0 Å². The maximum atomic E-state index is 5.44. The van der Waals surface area contributed by atoms with Crippen LogP contribution in [-0.4, -0.2) is 39.3 Å². The SMILES string of the molecule is CC(C)(C)/C(=C\[Si](C)(C)C)N1CCOCC1. The zero-order valence-corrected chi connectivity index (χ0v) is 12.8. The molecule has 2 nitrogen and oxygen atoms in total. The first-order valence-electron chi connectivity index (χ1n) is 6.26. The molecule has 0 spiro atoms. The molecule has 94 valence electrons. The summed E-state index contributed by atoms with van der Waals surface area (Å²) in [5.74, 6) is 0. The third-order valence-electron chi connectivity index (χ3n) is 2.69. The number of morpholine rings is 1. The lowest BCUT2D eigenvalue weighted by Crippen LogP contribution is -2.40. The Labute approximate surface area is 102 Å². The Balaban J connectivity index is 2.91. The molecule has 1 aliphatic rings. The molecule has 1 rings (SSSR count). The second-order valence-corrected chi connectivity index (χ2v) is 11.8. The minimum Gasteiger partial charge on any atom is -0.378 e. The third kappa shape index (κ3) is 4.30. The predicted molar refractivity (Wildman–Crippen MR) is 73.3 cm³/mol. The van der Waals surface area contributed by atoms with E-state index in [-0.39, 0.29) is 5.41 Å². The largest absolute Gasteiger partial charge is 0.378 e. The molecule has 0 aromatic rings. The van der Waals surface area contributed by atoms with E-state index in [2.05, 4.69) is 51.0 Å². The van der Waals surface area contributed by atoms with Gasteiger partial charge in [-0.1, -0.05) is 46.1 Å². The van der Waals surface area contributed by atoms with E-state index >= 15 is 0 Å². The molecule has 0 atom stereocenters. The lowest BCUT2D eigenvalue weighted by atomic mass is 9.91. The van der Waals surface area contributed by atoms with Crippen LogP contribution in [0.2, 0.25) is 19.6 Å². The molecule has 16 heavy (non-hydrogen) atoms. The van der Waals surface area contributed by atoms with Gasteiger partial charge in [-0.25, -0.2) is 0 Å². The average molecular weight is 241 g/mol. The van der Waals surface area contributed by atoms with Crippen LogP contribution < -0.4 is 0 Å². The highest BCUT2D eigenvalue weighted by Gasteiger charge is 2.26. The first-order chi connectivity index (χ1) is 7.20. The van der Waals surface area contributed by atoms with Crippen LogP contribution in [0.4, 0.5) is 0 Å². The van der Waals surface area contributed by atoms with Gasteiger partial charge in [0.05, 0.1) is 21.3 Å². The summed E-state index contributed by atoms with van der Waals surface area (Å²) in [6.07, 6.45) is 0. The Morgan fingerprint density at radius 2 is 1.62 bits per heavy atom. The van der Waals surface area contributed by atoms with Crippen molar-refractivity contribution in [2.45, 2.75) is 40.4 Å². The van der Waals surface area contributed by atoms with E-state index in [1.54, 1.807) is 0 Å². The van der Waals surface area contributed by atoms with Gasteiger partial charge in [0, 0.05) is 24.2 Å². The van der Waals surface area contributed by atoms with Crippen LogP contribution in [0.5, 0.6) is 0 Å². The second kappa shape index (κ2) is 4.92. The van der Waals surface area contributed by atoms with E-state index in [1.165, 1.54) is 5.70 Å². The number of rotatable bonds is 2. The number of hydrogen-bond acceptors (Lipinski definition) is 2. The molecular formula is C13H27NOSi. The summed E-state index contributed by atoms with van der Waals surface area (Å²) >= 11 is 0. The van der Waals surface area contributed by atoms with Gasteiger partial charge in [0.15, 0.2) is 0 Å². The van der Waals surface area contributed by atoms with Crippen molar-refractivity contribution in [3.63, 3.8) is 0 Å². The number of allylic oxidation sites excluding steroid dienone is 1. The third-order valence-corrected chi connectivity index (χ3v) is 3.83. The molecule has 0 unspecified atom stereocenters. The highest BCUT2D eigenvalue weighted by atomic mass is 28.3. The van der Waals surface area contributed by atoms with E-state index in [0.29, 0.717) is 0 Å². The molecule has 0 aliphatic carbocycles. The Hall–Kier alpha value is -0.283. The van der Waals surface area contributed by atoms with Crippen molar-refractivity contribution in [1.82, 2.24) is 4.90 Å². The van der Waals surface area contributed by atoms with Crippen molar-refractivity contribution >= 4 is 8.07 Å². The average Bonchev–Trinajstić information content (AvgIpc) is 2.13. The smallest absolute Gasteiger partial charge is 0.0709 e. The molecule has 0 aromatic carbocycles. The molecule has 0 aromatic heterocycles. The van der Waals surface area contributed by atoms with Gasteiger partial charge < -0.3 is 9.64 Å². The van der Waals surface area contributed by atoms with Crippen molar-refractivity contribution in [3.05, 3.63) is 11.4 Å². The van der Waals surface area contributed by atoms with Crippen LogP contribution in [0.25, 0.3) is 0 Å². The summed E-state index contributed by atoms with van der Waals surface area (Å²) in [5.41, 5.74) is 4.32. The highest BCUT2D eigenvalue weighted by Crippen LogP contribution is 2.30. The summed E-state index contributed by atoms with van der Waals surface area (Å²) in [6, 6.07) is 0. The van der Waals surface area contributed by atoms with E-state index in [1.807, 2.05) is 0 Å². The summed E-state index contributed by atoms with van der Waals surface area (Å²) in [6.45, 7) is 18.0. The van der Waals surface area contributed by atoms with Crippen molar-refractivity contribution in [3.8, 4) is 0 Å². The van der Waals surface area contributed by atoms with E-state index < -0.39 is 8.07 Å². The Kier molecular flexibility index (Phi) is 4.24. The standard InChI is InChI=1S/C13H27NOSi/c1-13(2,3)12(11-16(4,5)6)14-7-9-15-10-8-14/h11H,7-10H2,1-6H3/b12-11+. The molecule has 0 radical (unpaired) electrons. The van der Waals surface area contributed by atoms with Gasteiger partial charge in [-0.2, -0.15) is 0 Å². The molecule has 3 heteroatoms. The van der Waals surface area contributed by atoms with Crippen LogP contribution in [-0.2, 0) is 4.74 Å². The fourth-order valence-electron chi connectivity index (χ4n) is 2.00. The quantitative estimate of drug-likeness (QED) is 0.689. The maximum absolute atomic E-state index is 5.44. The van der Waals surface area contributed by atoms with Crippen molar-refractivity contribution in [1.29, 1.82) is 0 Å². The predicted octanol–water partition coefficient (Wildman–Crippen LogP) is 3.13. The van der Waals surface area contributed by atoms with Crippen molar-refractivity contribution in [2.75, 3.05) is 26.3 Å². The minimum absolute atomic E-state index is 0.248. The summed E-state index contributed by atoms with van der Waals surface area (Å²) < 4.78 is 5.44. The summed E-state index contributed by atoms with van der Waals surface area (Å²) in [7, 11) is -1.16. The number of ether oxygens (including phenoxy) is 1. The van der Waals surface area contributed by atoms with Gasteiger partial charge >= 0.3 is 0 Å². The molecule has 1 fully saturated rings. The van der Waals surface area contributed by atoms with Crippen LogP contribution >= 0.6 is 0 Å². The molecule has 0 saturated carbocycles. The molecular weight excluding hydrogens is 214 g/mol. The van der Waals surface area contributed by atoms with Crippen LogP contribution in [0.3, 0.4) is 0 Å². The lowest BCUT2D eigenvalue weighted by molar-refractivity contribution is 0.0448. The first-order valence-corrected chi connectivity index (χ1v) is 9.84. The van der Waals surface area contributed by atoms with Crippen molar-refractivity contribution < 1.29 is 4.74 Å². The van der Waals surface area contributed by atoms with Gasteiger partial charge in [-0.15, -0.1) is 0 Å². The monoisotopic (exact) mass is 241 g/mol. The zero-order valence-electron chi connectivity index (χ0n) is 11.8. The van der Waals surface area contributed by atoms with Gasteiger partial charge in [0.2, 0.25) is 0 Å².